The monoisotopic (exact) mass is 294 g/mol. The number of nitrogens with zero attached hydrogens (tertiary/aromatic N) is 2. The minimum Gasteiger partial charge on any atom is -0.390 e. The Morgan fingerprint density at radius 3 is 2.57 bits per heavy atom. The Kier molecular flexibility index (Phi) is 5.82. The summed E-state index contributed by atoms with van der Waals surface area (Å²) in [5.41, 5.74) is 0.583. The highest BCUT2D eigenvalue weighted by molar-refractivity contribution is 5.05. The number of aliphatic hydroxyl groups excluding tert-OH is 1. The molecule has 1 aromatic rings. The molecule has 0 radical (unpaired) electrons. The van der Waals surface area contributed by atoms with E-state index in [1.165, 1.54) is 12.8 Å². The van der Waals surface area contributed by atoms with Gasteiger partial charge >= 0.3 is 0 Å². The van der Waals surface area contributed by atoms with Gasteiger partial charge in [0.15, 0.2) is 0 Å². The molecule has 0 aromatic carbocycles. The van der Waals surface area contributed by atoms with Crippen LogP contribution in [-0.4, -0.2) is 33.7 Å². The molecule has 0 saturated heterocycles. The number of aromatic nitrogens is 2. The number of ether oxygens (including phenoxy) is 1. The number of methoxy groups -OCH3 is 1. The van der Waals surface area contributed by atoms with Crippen molar-refractivity contribution in [3.8, 4) is 0 Å². The highest BCUT2D eigenvalue weighted by Gasteiger charge is 2.38. The van der Waals surface area contributed by atoms with E-state index in [2.05, 4.69) is 18.9 Å². The van der Waals surface area contributed by atoms with Crippen molar-refractivity contribution in [3.63, 3.8) is 0 Å². The molecule has 0 bridgehead atoms. The van der Waals surface area contributed by atoms with Crippen LogP contribution in [0.25, 0.3) is 0 Å². The fourth-order valence-electron chi connectivity index (χ4n) is 3.30. The van der Waals surface area contributed by atoms with E-state index in [0.717, 1.165) is 37.8 Å². The van der Waals surface area contributed by atoms with E-state index in [1.54, 1.807) is 7.11 Å². The van der Waals surface area contributed by atoms with E-state index in [-0.39, 0.29) is 5.60 Å². The zero-order chi connectivity index (χ0) is 15.3. The van der Waals surface area contributed by atoms with Crippen LogP contribution in [0.15, 0.2) is 12.3 Å². The summed E-state index contributed by atoms with van der Waals surface area (Å²) in [6.45, 7) is 4.32. The molecule has 1 N–H and O–H groups in total. The van der Waals surface area contributed by atoms with Gasteiger partial charge in [-0.2, -0.15) is 5.10 Å². The van der Waals surface area contributed by atoms with Crippen LogP contribution in [0.2, 0.25) is 0 Å². The highest BCUT2D eigenvalue weighted by Crippen LogP contribution is 2.34. The lowest BCUT2D eigenvalue weighted by molar-refractivity contribution is -0.111. The molecule has 4 nitrogen and oxygen atoms in total. The Hall–Kier alpha value is -0.870. The molecule has 4 heteroatoms. The van der Waals surface area contributed by atoms with Crippen LogP contribution in [0.3, 0.4) is 0 Å². The summed E-state index contributed by atoms with van der Waals surface area (Å²) < 4.78 is 7.78. The second kappa shape index (κ2) is 7.41. The van der Waals surface area contributed by atoms with Gasteiger partial charge in [-0.15, -0.1) is 0 Å². The molecule has 1 fully saturated rings. The Morgan fingerprint density at radius 1 is 1.33 bits per heavy atom. The molecule has 2 unspecified atom stereocenters. The van der Waals surface area contributed by atoms with E-state index < -0.39 is 6.10 Å². The van der Waals surface area contributed by atoms with Crippen molar-refractivity contribution < 1.29 is 9.84 Å². The average Bonchev–Trinajstić information content (AvgIpc) is 2.82. The summed E-state index contributed by atoms with van der Waals surface area (Å²) >= 11 is 0. The second-order valence-electron chi connectivity index (χ2n) is 6.45. The molecular formula is C17H30N2O2. The molecule has 21 heavy (non-hydrogen) atoms. The lowest BCUT2D eigenvalue weighted by Gasteiger charge is -2.36. The molecule has 2 rings (SSSR count). The van der Waals surface area contributed by atoms with E-state index in [1.807, 2.05) is 16.9 Å². The molecule has 1 aliphatic rings. The fourth-order valence-corrected chi connectivity index (χ4v) is 3.30. The summed E-state index contributed by atoms with van der Waals surface area (Å²) in [7, 11) is 1.74. The van der Waals surface area contributed by atoms with Crippen molar-refractivity contribution in [3.05, 3.63) is 18.0 Å². The summed E-state index contributed by atoms with van der Waals surface area (Å²) in [6, 6.07) is 2.43. The van der Waals surface area contributed by atoms with Crippen molar-refractivity contribution in [1.82, 2.24) is 9.78 Å². The maximum Gasteiger partial charge on any atom is 0.0940 e. The largest absolute Gasteiger partial charge is 0.390 e. The molecular weight excluding hydrogens is 264 g/mol. The first-order valence-electron chi connectivity index (χ1n) is 8.38. The molecule has 120 valence electrons. The number of rotatable bonds is 6. The van der Waals surface area contributed by atoms with Crippen LogP contribution in [0.4, 0.5) is 0 Å². The normalized spacial score (nSPS) is 21.7. The van der Waals surface area contributed by atoms with Crippen LogP contribution < -0.4 is 0 Å². The standard InChI is InChI=1S/C17H30N2O2/c1-4-14(2)19-12-9-15(18-19)13-16(20)17(21-3)10-7-5-6-8-11-17/h9,12,14,16,20H,4-8,10-11,13H2,1-3H3. The third kappa shape index (κ3) is 3.86. The topological polar surface area (TPSA) is 47.3 Å². The number of hydrogen-bond donors (Lipinski definition) is 1. The van der Waals surface area contributed by atoms with E-state index in [4.69, 9.17) is 4.74 Å². The van der Waals surface area contributed by atoms with E-state index in [9.17, 15) is 5.11 Å². The maximum atomic E-state index is 10.7. The SMILES string of the molecule is CCC(C)n1ccc(CC(O)C2(OC)CCCCCC2)n1. The van der Waals surface area contributed by atoms with Crippen molar-refractivity contribution in [2.45, 2.75) is 83.0 Å². The number of aliphatic hydroxyl groups is 1. The third-order valence-electron chi connectivity index (χ3n) is 5.07. The predicted molar refractivity (Wildman–Crippen MR) is 84.4 cm³/mol. The molecule has 1 saturated carbocycles. The highest BCUT2D eigenvalue weighted by atomic mass is 16.5. The van der Waals surface area contributed by atoms with Gasteiger partial charge in [-0.3, -0.25) is 4.68 Å². The first kappa shape index (κ1) is 16.5. The van der Waals surface area contributed by atoms with Gasteiger partial charge in [0.2, 0.25) is 0 Å². The van der Waals surface area contributed by atoms with Gasteiger partial charge in [-0.1, -0.05) is 32.6 Å². The lowest BCUT2D eigenvalue weighted by atomic mass is 9.85. The maximum absolute atomic E-state index is 10.7. The second-order valence-corrected chi connectivity index (χ2v) is 6.45. The van der Waals surface area contributed by atoms with Crippen LogP contribution in [0.5, 0.6) is 0 Å². The van der Waals surface area contributed by atoms with Gasteiger partial charge in [-0.25, -0.2) is 0 Å². The van der Waals surface area contributed by atoms with Gasteiger partial charge in [0.1, 0.15) is 0 Å². The summed E-state index contributed by atoms with van der Waals surface area (Å²) in [5, 5.41) is 15.3. The van der Waals surface area contributed by atoms with E-state index >= 15 is 0 Å². The Balaban J connectivity index is 2.04. The van der Waals surface area contributed by atoms with Crippen molar-refractivity contribution in [1.29, 1.82) is 0 Å². The van der Waals surface area contributed by atoms with Crippen molar-refractivity contribution in [2.75, 3.05) is 7.11 Å². The Labute approximate surface area is 128 Å². The van der Waals surface area contributed by atoms with Crippen LogP contribution in [-0.2, 0) is 11.2 Å². The zero-order valence-electron chi connectivity index (χ0n) is 13.7. The molecule has 0 spiro atoms. The molecule has 2 atom stereocenters. The first-order valence-corrected chi connectivity index (χ1v) is 8.38. The Morgan fingerprint density at radius 2 is 2.00 bits per heavy atom. The minimum absolute atomic E-state index is 0.378. The van der Waals surface area contributed by atoms with Gasteiger partial charge in [0.05, 0.1) is 17.4 Å². The first-order chi connectivity index (χ1) is 10.1. The zero-order valence-corrected chi connectivity index (χ0v) is 13.7. The molecule has 0 amide bonds. The molecule has 0 aliphatic heterocycles. The molecule has 1 heterocycles. The van der Waals surface area contributed by atoms with Gasteiger partial charge < -0.3 is 9.84 Å². The fraction of sp³-hybridized carbons (Fsp3) is 0.824. The Bertz CT molecular complexity index is 422. The van der Waals surface area contributed by atoms with Gasteiger partial charge in [0.25, 0.3) is 0 Å². The number of hydrogen-bond acceptors (Lipinski definition) is 3. The summed E-state index contributed by atoms with van der Waals surface area (Å²) in [6.07, 6.45) is 9.89. The van der Waals surface area contributed by atoms with Crippen molar-refractivity contribution >= 4 is 0 Å². The lowest BCUT2D eigenvalue weighted by Crippen LogP contribution is -2.45. The van der Waals surface area contributed by atoms with Crippen LogP contribution in [0, 0.1) is 0 Å². The van der Waals surface area contributed by atoms with Gasteiger partial charge in [-0.05, 0) is 32.3 Å². The van der Waals surface area contributed by atoms with Crippen molar-refractivity contribution in [2.24, 2.45) is 0 Å². The van der Waals surface area contributed by atoms with E-state index in [0.29, 0.717) is 12.5 Å². The van der Waals surface area contributed by atoms with Gasteiger partial charge in [0, 0.05) is 25.8 Å². The van der Waals surface area contributed by atoms with Crippen LogP contribution in [0.1, 0.15) is 70.5 Å². The predicted octanol–water partition coefficient (Wildman–Crippen LogP) is 3.50. The average molecular weight is 294 g/mol. The smallest absolute Gasteiger partial charge is 0.0940 e. The quantitative estimate of drug-likeness (QED) is 0.817. The molecule has 1 aromatic heterocycles. The third-order valence-corrected chi connectivity index (χ3v) is 5.07. The van der Waals surface area contributed by atoms with Crippen LogP contribution >= 0.6 is 0 Å². The summed E-state index contributed by atoms with van der Waals surface area (Å²) in [5.74, 6) is 0. The minimum atomic E-state index is -0.471. The summed E-state index contributed by atoms with van der Waals surface area (Å²) in [4.78, 5) is 0. The molecule has 1 aliphatic carbocycles.